The Morgan fingerprint density at radius 1 is 1.00 bits per heavy atom. The van der Waals surface area contributed by atoms with Crippen LogP contribution < -0.4 is 10.6 Å². The molecule has 7 nitrogen and oxygen atoms in total. The van der Waals surface area contributed by atoms with E-state index in [-0.39, 0.29) is 35.7 Å². The number of nitrogens with one attached hydrogen (secondary N) is 2. The summed E-state index contributed by atoms with van der Waals surface area (Å²) in [4.78, 5) is 25.5. The number of anilines is 1. The zero-order chi connectivity index (χ0) is 23.5. The summed E-state index contributed by atoms with van der Waals surface area (Å²) in [5.41, 5.74) is 3.79. The van der Waals surface area contributed by atoms with Gasteiger partial charge in [-0.2, -0.15) is 4.31 Å². The maximum absolute atomic E-state index is 12.8. The van der Waals surface area contributed by atoms with Crippen LogP contribution in [0.1, 0.15) is 36.5 Å². The third kappa shape index (κ3) is 5.37. The summed E-state index contributed by atoms with van der Waals surface area (Å²) in [6.07, 6.45) is 0.838. The van der Waals surface area contributed by atoms with Crippen LogP contribution in [0, 0.1) is 26.7 Å². The molecule has 1 fully saturated rings. The highest BCUT2D eigenvalue weighted by Gasteiger charge is 2.33. The van der Waals surface area contributed by atoms with Crippen LogP contribution in [0.15, 0.2) is 47.4 Å². The van der Waals surface area contributed by atoms with Crippen LogP contribution in [-0.2, 0) is 19.6 Å². The van der Waals surface area contributed by atoms with Gasteiger partial charge in [0.15, 0.2) is 0 Å². The van der Waals surface area contributed by atoms with Crippen molar-refractivity contribution in [2.24, 2.45) is 5.92 Å². The first-order valence-corrected chi connectivity index (χ1v) is 12.3. The monoisotopic (exact) mass is 457 g/mol. The zero-order valence-electron chi connectivity index (χ0n) is 19.0. The van der Waals surface area contributed by atoms with E-state index in [9.17, 15) is 18.0 Å². The molecule has 1 aliphatic heterocycles. The van der Waals surface area contributed by atoms with Gasteiger partial charge < -0.3 is 10.6 Å². The Balaban J connectivity index is 1.54. The minimum Gasteiger partial charge on any atom is -0.344 e. The number of nitrogens with zero attached hydrogens (tertiary/aromatic N) is 1. The van der Waals surface area contributed by atoms with Crippen LogP contribution in [-0.4, -0.2) is 43.7 Å². The molecule has 172 valence electrons. The third-order valence-corrected chi connectivity index (χ3v) is 8.01. The average Bonchev–Trinajstić information content (AvgIpc) is 2.77. The van der Waals surface area contributed by atoms with Gasteiger partial charge >= 0.3 is 0 Å². The van der Waals surface area contributed by atoms with E-state index < -0.39 is 16.1 Å². The summed E-state index contributed by atoms with van der Waals surface area (Å²) in [5.74, 6) is -0.831. The summed E-state index contributed by atoms with van der Waals surface area (Å²) in [6, 6.07) is 11.8. The van der Waals surface area contributed by atoms with Crippen molar-refractivity contribution in [2.45, 2.75) is 51.5 Å². The molecular formula is C24H31N3O4S. The van der Waals surface area contributed by atoms with E-state index in [0.29, 0.717) is 12.8 Å². The summed E-state index contributed by atoms with van der Waals surface area (Å²) in [5, 5.41) is 5.64. The zero-order valence-corrected chi connectivity index (χ0v) is 19.8. The second kappa shape index (κ2) is 9.83. The van der Waals surface area contributed by atoms with Crippen molar-refractivity contribution in [1.29, 1.82) is 0 Å². The highest BCUT2D eigenvalue weighted by Crippen LogP contribution is 2.24. The first kappa shape index (κ1) is 23.9. The molecule has 32 heavy (non-hydrogen) atoms. The van der Waals surface area contributed by atoms with Crippen LogP contribution in [0.2, 0.25) is 0 Å². The Kier molecular flexibility index (Phi) is 7.36. The lowest BCUT2D eigenvalue weighted by molar-refractivity contribution is -0.129. The van der Waals surface area contributed by atoms with E-state index >= 15 is 0 Å². The van der Waals surface area contributed by atoms with E-state index in [2.05, 4.69) is 10.6 Å². The Morgan fingerprint density at radius 2 is 1.62 bits per heavy atom. The highest BCUT2D eigenvalue weighted by molar-refractivity contribution is 7.89. The first-order chi connectivity index (χ1) is 15.1. The van der Waals surface area contributed by atoms with Gasteiger partial charge in [0, 0.05) is 24.7 Å². The minimum atomic E-state index is -3.57. The molecule has 0 saturated carbocycles. The predicted molar refractivity (Wildman–Crippen MR) is 125 cm³/mol. The Hall–Kier alpha value is -2.71. The molecule has 0 aromatic heterocycles. The summed E-state index contributed by atoms with van der Waals surface area (Å²) in [7, 11) is -3.57. The first-order valence-electron chi connectivity index (χ1n) is 10.8. The van der Waals surface area contributed by atoms with Gasteiger partial charge in [0.2, 0.25) is 21.8 Å². The van der Waals surface area contributed by atoms with E-state index in [0.717, 1.165) is 22.4 Å². The fourth-order valence-corrected chi connectivity index (χ4v) is 5.21. The van der Waals surface area contributed by atoms with E-state index in [1.807, 2.05) is 39.0 Å². The number of amides is 2. The normalized spacial score (nSPS) is 16.4. The number of piperidine rings is 1. The molecule has 1 heterocycles. The lowest BCUT2D eigenvalue weighted by atomic mass is 9.97. The molecule has 2 N–H and O–H groups in total. The van der Waals surface area contributed by atoms with Crippen LogP contribution >= 0.6 is 0 Å². The molecule has 0 spiro atoms. The number of carbonyl (C=O) groups is 2. The fraction of sp³-hybridized carbons (Fsp3) is 0.417. The van der Waals surface area contributed by atoms with Crippen molar-refractivity contribution < 1.29 is 18.0 Å². The predicted octanol–water partition coefficient (Wildman–Crippen LogP) is 3.16. The maximum Gasteiger partial charge on any atom is 0.246 e. The molecule has 2 aromatic rings. The van der Waals surface area contributed by atoms with Crippen molar-refractivity contribution in [3.05, 3.63) is 59.2 Å². The molecule has 2 amide bonds. The molecule has 2 aromatic carbocycles. The van der Waals surface area contributed by atoms with Crippen molar-refractivity contribution in [1.82, 2.24) is 9.62 Å². The van der Waals surface area contributed by atoms with E-state index in [1.165, 1.54) is 4.31 Å². The smallest absolute Gasteiger partial charge is 0.246 e. The van der Waals surface area contributed by atoms with E-state index in [1.54, 1.807) is 31.2 Å². The van der Waals surface area contributed by atoms with Crippen LogP contribution in [0.25, 0.3) is 0 Å². The number of benzene rings is 2. The van der Waals surface area contributed by atoms with Gasteiger partial charge in [-0.15, -0.1) is 0 Å². The quantitative estimate of drug-likeness (QED) is 0.697. The molecule has 0 aliphatic carbocycles. The second-order valence-corrected chi connectivity index (χ2v) is 10.4. The number of sulfonamides is 1. The molecule has 3 rings (SSSR count). The largest absolute Gasteiger partial charge is 0.344 e. The second-order valence-electron chi connectivity index (χ2n) is 8.46. The molecular weight excluding hydrogens is 426 g/mol. The number of rotatable bonds is 6. The van der Waals surface area contributed by atoms with Crippen LogP contribution in [0.3, 0.4) is 0 Å². The summed E-state index contributed by atoms with van der Waals surface area (Å²) in [6.45, 7) is 8.02. The van der Waals surface area contributed by atoms with Crippen molar-refractivity contribution >= 4 is 27.5 Å². The Bertz CT molecular complexity index is 1090. The lowest BCUT2D eigenvalue weighted by Crippen LogP contribution is -2.47. The number of hydrogen-bond acceptors (Lipinski definition) is 4. The van der Waals surface area contributed by atoms with Gasteiger partial charge in [-0.25, -0.2) is 8.42 Å². The van der Waals surface area contributed by atoms with Crippen LogP contribution in [0.4, 0.5) is 5.69 Å². The van der Waals surface area contributed by atoms with Crippen molar-refractivity contribution in [3.8, 4) is 0 Å². The molecule has 8 heteroatoms. The fourth-order valence-electron chi connectivity index (χ4n) is 3.74. The molecule has 1 aliphatic rings. The highest BCUT2D eigenvalue weighted by atomic mass is 32.2. The third-order valence-electron chi connectivity index (χ3n) is 6.10. The number of carbonyl (C=O) groups excluding carboxylic acids is 2. The van der Waals surface area contributed by atoms with Gasteiger partial charge in [0.25, 0.3) is 0 Å². The SMILES string of the molecule is Cc1ccc(S(=O)(=O)N2CCC(C(=O)N[C@H](C)C(=O)Nc3cccc(C)c3C)CC2)cc1. The minimum absolute atomic E-state index is 0.221. The Labute approximate surface area is 190 Å². The maximum atomic E-state index is 12.8. The average molecular weight is 458 g/mol. The topological polar surface area (TPSA) is 95.6 Å². The molecule has 0 radical (unpaired) electrons. The van der Waals surface area contributed by atoms with Gasteiger partial charge in [-0.05, 0) is 69.9 Å². The molecule has 1 saturated heterocycles. The molecule has 0 bridgehead atoms. The van der Waals surface area contributed by atoms with Crippen molar-refractivity contribution in [3.63, 3.8) is 0 Å². The van der Waals surface area contributed by atoms with E-state index in [4.69, 9.17) is 0 Å². The lowest BCUT2D eigenvalue weighted by Gasteiger charge is -2.31. The summed E-state index contributed by atoms with van der Waals surface area (Å²) < 4.78 is 27.1. The van der Waals surface area contributed by atoms with Gasteiger partial charge in [0.1, 0.15) is 6.04 Å². The van der Waals surface area contributed by atoms with Gasteiger partial charge in [0.05, 0.1) is 4.90 Å². The number of hydrogen-bond donors (Lipinski definition) is 2. The summed E-state index contributed by atoms with van der Waals surface area (Å²) >= 11 is 0. The van der Waals surface area contributed by atoms with Crippen molar-refractivity contribution in [2.75, 3.05) is 18.4 Å². The Morgan fingerprint density at radius 3 is 2.25 bits per heavy atom. The van der Waals surface area contributed by atoms with Gasteiger partial charge in [-0.1, -0.05) is 29.8 Å². The number of aryl methyl sites for hydroxylation is 2. The van der Waals surface area contributed by atoms with Gasteiger partial charge in [-0.3, -0.25) is 9.59 Å². The standard InChI is InChI=1S/C24H31N3O4S/c1-16-8-10-21(11-9-16)32(30,31)27-14-12-20(13-15-27)24(29)25-19(4)23(28)26-22-7-5-6-17(2)18(22)3/h5-11,19-20H,12-15H2,1-4H3,(H,25,29)(H,26,28)/t19-/m1/s1. The molecule has 1 atom stereocenters. The van der Waals surface area contributed by atoms with Crippen LogP contribution in [0.5, 0.6) is 0 Å². The molecule has 0 unspecified atom stereocenters.